The number of rotatable bonds is 3. The Balaban J connectivity index is 2.14. The molecule has 7 heteroatoms. The number of nitrogens with zero attached hydrogens (tertiary/aromatic N) is 3. The van der Waals surface area contributed by atoms with Crippen LogP contribution in [0.1, 0.15) is 24.8 Å². The predicted octanol–water partition coefficient (Wildman–Crippen LogP) is 2.30. The van der Waals surface area contributed by atoms with Crippen LogP contribution in [0.5, 0.6) is 0 Å². The molecule has 0 atom stereocenters. The Morgan fingerprint density at radius 3 is 2.55 bits per heavy atom. The lowest BCUT2D eigenvalue weighted by Gasteiger charge is -2.29. The maximum absolute atomic E-state index is 11.5. The normalized spacial score (nSPS) is 16.0. The van der Waals surface area contributed by atoms with Crippen molar-refractivity contribution in [2.24, 2.45) is 0 Å². The Kier molecular flexibility index (Phi) is 3.90. The average Bonchev–Trinajstić information content (AvgIpc) is 2.46. The van der Waals surface area contributed by atoms with E-state index in [2.05, 4.69) is 25.7 Å². The van der Waals surface area contributed by atoms with Crippen LogP contribution in [-0.2, 0) is 10.0 Å². The van der Waals surface area contributed by atoms with Crippen LogP contribution >= 0.6 is 0 Å². The number of hydrogen-bond donors (Lipinski definition) is 1. The Labute approximate surface area is 130 Å². The van der Waals surface area contributed by atoms with Crippen LogP contribution in [0.4, 0.5) is 11.8 Å². The highest BCUT2D eigenvalue weighted by atomic mass is 32.2. The quantitative estimate of drug-likeness (QED) is 0.939. The van der Waals surface area contributed by atoms with E-state index in [4.69, 9.17) is 0 Å². The molecule has 1 aliphatic heterocycles. The summed E-state index contributed by atoms with van der Waals surface area (Å²) < 4.78 is 25.3. The van der Waals surface area contributed by atoms with Crippen molar-refractivity contribution in [3.63, 3.8) is 0 Å². The molecule has 1 fully saturated rings. The van der Waals surface area contributed by atoms with Crippen LogP contribution in [0.15, 0.2) is 18.2 Å². The third-order valence-electron chi connectivity index (χ3n) is 3.76. The molecule has 1 N–H and O–H groups in total. The van der Waals surface area contributed by atoms with Crippen molar-refractivity contribution < 1.29 is 8.42 Å². The minimum Gasteiger partial charge on any atom is -0.356 e. The van der Waals surface area contributed by atoms with Crippen molar-refractivity contribution >= 4 is 32.7 Å². The van der Waals surface area contributed by atoms with Crippen molar-refractivity contribution in [3.8, 4) is 0 Å². The zero-order valence-electron chi connectivity index (χ0n) is 12.8. The van der Waals surface area contributed by atoms with E-state index < -0.39 is 10.0 Å². The molecule has 2 heterocycles. The van der Waals surface area contributed by atoms with Crippen LogP contribution in [-0.4, -0.2) is 37.7 Å². The van der Waals surface area contributed by atoms with Crippen molar-refractivity contribution in [3.05, 3.63) is 23.8 Å². The zero-order valence-corrected chi connectivity index (χ0v) is 13.7. The lowest BCUT2D eigenvalue weighted by Crippen LogP contribution is -2.30. The Hall–Kier alpha value is -1.89. The second kappa shape index (κ2) is 5.72. The molecule has 22 heavy (non-hydrogen) atoms. The minimum absolute atomic E-state index is 0.138. The number of fused-ring (bicyclic) bond motifs is 1. The van der Waals surface area contributed by atoms with Crippen molar-refractivity contribution in [1.29, 1.82) is 0 Å². The second-order valence-corrected chi connectivity index (χ2v) is 7.56. The number of aromatic nitrogens is 2. The van der Waals surface area contributed by atoms with Crippen LogP contribution < -0.4 is 9.62 Å². The SMILES string of the molecule is Cc1ccc2nc(NS(C)(=O)=O)nc(N3CCCCC3)c2c1. The number of sulfonamides is 1. The maximum Gasteiger partial charge on any atom is 0.239 e. The van der Waals surface area contributed by atoms with Gasteiger partial charge in [0.2, 0.25) is 16.0 Å². The first-order chi connectivity index (χ1) is 10.4. The van der Waals surface area contributed by atoms with Gasteiger partial charge < -0.3 is 4.90 Å². The fourth-order valence-corrected chi connectivity index (χ4v) is 3.21. The summed E-state index contributed by atoms with van der Waals surface area (Å²) >= 11 is 0. The average molecular weight is 320 g/mol. The van der Waals surface area contributed by atoms with Gasteiger partial charge in [0.15, 0.2) is 0 Å². The molecule has 0 radical (unpaired) electrons. The standard InChI is InChI=1S/C15H20N4O2S/c1-11-6-7-13-12(10-11)14(19-8-4-3-5-9-19)17-15(16-13)18-22(2,20)21/h6-7,10H,3-5,8-9H2,1-2H3,(H,16,17,18). The molecule has 1 aromatic heterocycles. The minimum atomic E-state index is -3.39. The summed E-state index contributed by atoms with van der Waals surface area (Å²) in [6.45, 7) is 3.92. The van der Waals surface area contributed by atoms with E-state index in [0.717, 1.165) is 54.5 Å². The van der Waals surface area contributed by atoms with Gasteiger partial charge in [0.1, 0.15) is 5.82 Å². The number of nitrogens with one attached hydrogen (secondary N) is 1. The summed E-state index contributed by atoms with van der Waals surface area (Å²) in [5.74, 6) is 0.957. The highest BCUT2D eigenvalue weighted by Gasteiger charge is 2.18. The number of anilines is 2. The van der Waals surface area contributed by atoms with E-state index in [1.165, 1.54) is 6.42 Å². The summed E-state index contributed by atoms with van der Waals surface area (Å²) in [6.07, 6.45) is 4.60. The van der Waals surface area contributed by atoms with Gasteiger partial charge in [-0.05, 0) is 38.3 Å². The topological polar surface area (TPSA) is 75.2 Å². The van der Waals surface area contributed by atoms with Gasteiger partial charge in [-0.3, -0.25) is 4.72 Å². The van der Waals surface area contributed by atoms with Gasteiger partial charge in [-0.15, -0.1) is 0 Å². The number of aryl methyl sites for hydroxylation is 1. The number of piperidine rings is 1. The van der Waals surface area contributed by atoms with Gasteiger partial charge >= 0.3 is 0 Å². The highest BCUT2D eigenvalue weighted by molar-refractivity contribution is 7.91. The van der Waals surface area contributed by atoms with Gasteiger partial charge in [0.05, 0.1) is 11.8 Å². The summed E-state index contributed by atoms with van der Waals surface area (Å²) in [7, 11) is -3.39. The molecule has 0 bridgehead atoms. The molecule has 6 nitrogen and oxygen atoms in total. The van der Waals surface area contributed by atoms with Crippen LogP contribution in [0, 0.1) is 6.92 Å². The molecule has 2 aromatic rings. The highest BCUT2D eigenvalue weighted by Crippen LogP contribution is 2.28. The van der Waals surface area contributed by atoms with Crippen molar-refractivity contribution in [2.75, 3.05) is 29.0 Å². The molecule has 0 amide bonds. The molecule has 0 unspecified atom stereocenters. The molecule has 0 saturated carbocycles. The second-order valence-electron chi connectivity index (χ2n) is 5.81. The first-order valence-corrected chi connectivity index (χ1v) is 9.33. The first kappa shape index (κ1) is 15.0. The Bertz CT molecular complexity index is 799. The van der Waals surface area contributed by atoms with Crippen LogP contribution in [0.25, 0.3) is 10.9 Å². The summed E-state index contributed by atoms with van der Waals surface area (Å²) in [6, 6.07) is 5.94. The van der Waals surface area contributed by atoms with E-state index in [-0.39, 0.29) is 5.95 Å². The molecule has 3 rings (SSSR count). The molecule has 1 saturated heterocycles. The fraction of sp³-hybridized carbons (Fsp3) is 0.467. The Morgan fingerprint density at radius 2 is 1.86 bits per heavy atom. The van der Waals surface area contributed by atoms with E-state index >= 15 is 0 Å². The van der Waals surface area contributed by atoms with Gasteiger partial charge in [-0.2, -0.15) is 4.98 Å². The smallest absolute Gasteiger partial charge is 0.239 e. The fourth-order valence-electron chi connectivity index (χ4n) is 2.78. The van der Waals surface area contributed by atoms with Crippen molar-refractivity contribution in [1.82, 2.24) is 9.97 Å². The lowest BCUT2D eigenvalue weighted by atomic mass is 10.1. The predicted molar refractivity (Wildman–Crippen MR) is 88.8 cm³/mol. The molecule has 0 aliphatic carbocycles. The zero-order chi connectivity index (χ0) is 15.7. The lowest BCUT2D eigenvalue weighted by molar-refractivity contribution is 0.574. The van der Waals surface area contributed by atoms with Crippen molar-refractivity contribution in [2.45, 2.75) is 26.2 Å². The van der Waals surface area contributed by atoms with Crippen LogP contribution in [0.3, 0.4) is 0 Å². The van der Waals surface area contributed by atoms with Gasteiger partial charge in [0, 0.05) is 18.5 Å². The van der Waals surface area contributed by atoms with Gasteiger partial charge in [-0.25, -0.2) is 13.4 Å². The van der Waals surface area contributed by atoms with Gasteiger partial charge in [0.25, 0.3) is 0 Å². The largest absolute Gasteiger partial charge is 0.356 e. The van der Waals surface area contributed by atoms with Gasteiger partial charge in [-0.1, -0.05) is 11.6 Å². The van der Waals surface area contributed by atoms with E-state index in [1.807, 2.05) is 19.1 Å². The molecule has 0 spiro atoms. The first-order valence-electron chi connectivity index (χ1n) is 7.43. The molecular formula is C15H20N4O2S. The summed E-state index contributed by atoms with van der Waals surface area (Å²) in [4.78, 5) is 11.0. The van der Waals surface area contributed by atoms with E-state index in [0.29, 0.717) is 0 Å². The maximum atomic E-state index is 11.5. The van der Waals surface area contributed by atoms with Crippen LogP contribution in [0.2, 0.25) is 0 Å². The summed E-state index contributed by atoms with van der Waals surface area (Å²) in [5.41, 5.74) is 1.89. The number of hydrogen-bond acceptors (Lipinski definition) is 5. The third kappa shape index (κ3) is 3.30. The molecular weight excluding hydrogens is 300 g/mol. The molecule has 1 aromatic carbocycles. The number of benzene rings is 1. The molecule has 1 aliphatic rings. The summed E-state index contributed by atoms with van der Waals surface area (Å²) in [5, 5.41) is 0.973. The molecule has 118 valence electrons. The third-order valence-corrected chi connectivity index (χ3v) is 4.32. The van der Waals surface area contributed by atoms with E-state index in [9.17, 15) is 8.42 Å². The monoisotopic (exact) mass is 320 g/mol. The Morgan fingerprint density at radius 1 is 1.14 bits per heavy atom. The van der Waals surface area contributed by atoms with E-state index in [1.54, 1.807) is 0 Å².